The Balaban J connectivity index is 1.26. The van der Waals surface area contributed by atoms with Crippen LogP contribution in [0, 0.1) is 17.6 Å². The van der Waals surface area contributed by atoms with Gasteiger partial charge in [0.2, 0.25) is 0 Å². The molecule has 0 unspecified atom stereocenters. The lowest BCUT2D eigenvalue weighted by atomic mass is 9.98. The first-order chi connectivity index (χ1) is 17.9. The van der Waals surface area contributed by atoms with Crippen LogP contribution in [0.15, 0.2) is 54.6 Å². The number of carbonyl (C=O) groups excluding carboxylic acids is 1. The number of amides is 1. The minimum Gasteiger partial charge on any atom is -0.456 e. The van der Waals surface area contributed by atoms with E-state index in [0.717, 1.165) is 11.1 Å². The lowest BCUT2D eigenvalue weighted by Gasteiger charge is -2.15. The number of aromatic amines is 1. The van der Waals surface area contributed by atoms with Crippen LogP contribution in [0.25, 0.3) is 33.3 Å². The Morgan fingerprint density at radius 3 is 2.35 bits per heavy atom. The topological polar surface area (TPSA) is 85.5 Å². The van der Waals surface area contributed by atoms with Gasteiger partial charge in [-0.05, 0) is 28.8 Å². The molecule has 190 valence electrons. The van der Waals surface area contributed by atoms with E-state index in [4.69, 9.17) is 14.2 Å². The number of halogens is 2. The van der Waals surface area contributed by atoms with Crippen LogP contribution in [-0.4, -0.2) is 54.4 Å². The Morgan fingerprint density at radius 2 is 1.65 bits per heavy atom. The number of imidazole rings is 1. The van der Waals surface area contributed by atoms with Crippen LogP contribution in [0.2, 0.25) is 0 Å². The summed E-state index contributed by atoms with van der Waals surface area (Å²) in [5.74, 6) is -1.37. The molecule has 4 aromatic rings. The minimum absolute atomic E-state index is 0.00330. The van der Waals surface area contributed by atoms with Crippen LogP contribution in [-0.2, 0) is 9.47 Å². The molecular weight excluding hydrogens is 480 g/mol. The summed E-state index contributed by atoms with van der Waals surface area (Å²) < 4.78 is 48.1. The molecule has 0 bridgehead atoms. The number of aromatic nitrogens is 2. The molecule has 2 aliphatic rings. The molecule has 2 aliphatic heterocycles. The van der Waals surface area contributed by atoms with Crippen LogP contribution < -0.4 is 10.1 Å². The molecule has 0 radical (unpaired) electrons. The van der Waals surface area contributed by atoms with Crippen molar-refractivity contribution in [2.75, 3.05) is 20.3 Å². The van der Waals surface area contributed by atoms with Gasteiger partial charge in [0, 0.05) is 24.6 Å². The van der Waals surface area contributed by atoms with Gasteiger partial charge in [-0.15, -0.1) is 0 Å². The minimum atomic E-state index is -0.768. The van der Waals surface area contributed by atoms with Crippen molar-refractivity contribution in [1.29, 1.82) is 0 Å². The molecule has 0 saturated carbocycles. The second-order valence-corrected chi connectivity index (χ2v) is 9.45. The zero-order valence-electron chi connectivity index (χ0n) is 20.3. The van der Waals surface area contributed by atoms with Gasteiger partial charge < -0.3 is 24.5 Å². The molecule has 4 atom stereocenters. The number of hydrogen-bond donors (Lipinski definition) is 2. The van der Waals surface area contributed by atoms with Crippen molar-refractivity contribution in [1.82, 2.24) is 15.3 Å². The summed E-state index contributed by atoms with van der Waals surface area (Å²) in [6, 6.07) is 15.3. The summed E-state index contributed by atoms with van der Waals surface area (Å²) in [7, 11) is 1.58. The molecule has 2 saturated heterocycles. The monoisotopic (exact) mass is 505 g/mol. The summed E-state index contributed by atoms with van der Waals surface area (Å²) in [6.07, 6.45) is -0.619. The molecule has 0 spiro atoms. The van der Waals surface area contributed by atoms with Gasteiger partial charge in [0.25, 0.3) is 11.9 Å². The molecule has 3 heterocycles. The molecule has 6 rings (SSSR count). The third-order valence-electron chi connectivity index (χ3n) is 7.05. The van der Waals surface area contributed by atoms with Crippen molar-refractivity contribution in [2.45, 2.75) is 25.2 Å². The quantitative estimate of drug-likeness (QED) is 0.410. The molecule has 9 heteroatoms. The number of fused-ring (bicyclic) bond motifs is 2. The van der Waals surface area contributed by atoms with Gasteiger partial charge in [-0.3, -0.25) is 4.79 Å². The van der Waals surface area contributed by atoms with E-state index in [9.17, 15) is 4.79 Å². The Kier molecular flexibility index (Phi) is 5.89. The van der Waals surface area contributed by atoms with Gasteiger partial charge in [0.05, 0.1) is 30.4 Å². The van der Waals surface area contributed by atoms with Crippen LogP contribution in [0.4, 0.5) is 8.78 Å². The van der Waals surface area contributed by atoms with Crippen molar-refractivity contribution in [3.05, 3.63) is 71.8 Å². The first-order valence-corrected chi connectivity index (χ1v) is 12.1. The van der Waals surface area contributed by atoms with Gasteiger partial charge in [0.1, 0.15) is 17.4 Å². The van der Waals surface area contributed by atoms with E-state index in [1.165, 1.54) is 6.07 Å². The normalized spacial score (nSPS) is 22.8. The fourth-order valence-corrected chi connectivity index (χ4v) is 5.07. The van der Waals surface area contributed by atoms with Gasteiger partial charge in [-0.25, -0.2) is 8.78 Å². The van der Waals surface area contributed by atoms with E-state index in [2.05, 4.69) is 22.2 Å². The van der Waals surface area contributed by atoms with Crippen molar-refractivity contribution in [3.8, 4) is 28.3 Å². The van der Waals surface area contributed by atoms with Gasteiger partial charge in [0.15, 0.2) is 11.9 Å². The van der Waals surface area contributed by atoms with Gasteiger partial charge in [-0.1, -0.05) is 43.3 Å². The molecule has 37 heavy (non-hydrogen) atoms. The SMILES string of the molecule is CNC(=O)c1ccc(-c2ccc(-c3c(F)cc4[nH]c(O[C@@H]5CO[C@H]6[C@@H]5OC[C@H]6C)nc4c3F)cc2)cc1. The molecule has 7 nitrogen and oxygen atoms in total. The van der Waals surface area contributed by atoms with E-state index in [0.29, 0.717) is 24.3 Å². The third-order valence-corrected chi connectivity index (χ3v) is 7.05. The maximum Gasteiger partial charge on any atom is 0.295 e. The van der Waals surface area contributed by atoms with Crippen LogP contribution in [0.1, 0.15) is 17.3 Å². The van der Waals surface area contributed by atoms with E-state index in [1.807, 2.05) is 12.1 Å². The maximum atomic E-state index is 15.5. The summed E-state index contributed by atoms with van der Waals surface area (Å²) in [4.78, 5) is 18.9. The largest absolute Gasteiger partial charge is 0.456 e. The van der Waals surface area contributed by atoms with E-state index in [-0.39, 0.29) is 52.7 Å². The van der Waals surface area contributed by atoms with Crippen molar-refractivity contribution in [3.63, 3.8) is 0 Å². The predicted octanol–water partition coefficient (Wildman–Crippen LogP) is 4.72. The summed E-state index contributed by atoms with van der Waals surface area (Å²) in [5.41, 5.74) is 2.70. The van der Waals surface area contributed by atoms with Crippen molar-refractivity contribution < 1.29 is 27.8 Å². The fourth-order valence-electron chi connectivity index (χ4n) is 5.07. The standard InChI is InChI=1S/C28H25F2N3O4/c1-14-12-35-26-21(13-36-25(14)26)37-28-32-20-11-19(29)22(23(30)24(20)33-28)17-7-3-15(4-8-17)16-5-9-18(10-6-16)27(34)31-2/h3-11,14,21,25-26H,12-13H2,1-2H3,(H,31,34)(H,32,33)/t14-,21-,25-,26-/m1/s1. The zero-order chi connectivity index (χ0) is 25.7. The molecule has 0 aliphatic carbocycles. The Morgan fingerprint density at radius 1 is 1.00 bits per heavy atom. The van der Waals surface area contributed by atoms with Crippen LogP contribution >= 0.6 is 0 Å². The number of carbonyl (C=O) groups is 1. The molecular formula is C28H25F2N3O4. The highest BCUT2D eigenvalue weighted by Gasteiger charge is 2.47. The zero-order valence-corrected chi connectivity index (χ0v) is 20.3. The van der Waals surface area contributed by atoms with Crippen LogP contribution in [0.5, 0.6) is 6.01 Å². The van der Waals surface area contributed by atoms with Crippen molar-refractivity contribution >= 4 is 16.9 Å². The number of nitrogens with zero attached hydrogens (tertiary/aromatic N) is 1. The smallest absolute Gasteiger partial charge is 0.295 e. The fraction of sp³-hybridized carbons (Fsp3) is 0.286. The molecule has 2 fully saturated rings. The summed E-state index contributed by atoms with van der Waals surface area (Å²) >= 11 is 0. The average Bonchev–Trinajstić information content (AvgIpc) is 3.61. The van der Waals surface area contributed by atoms with E-state index < -0.39 is 11.6 Å². The number of nitrogens with one attached hydrogen (secondary N) is 2. The van der Waals surface area contributed by atoms with Crippen LogP contribution in [0.3, 0.4) is 0 Å². The first-order valence-electron chi connectivity index (χ1n) is 12.1. The number of H-pyrrole nitrogens is 1. The average molecular weight is 506 g/mol. The number of benzene rings is 3. The molecule has 3 aromatic carbocycles. The van der Waals surface area contributed by atoms with Gasteiger partial charge >= 0.3 is 0 Å². The Hall–Kier alpha value is -3.82. The second kappa shape index (κ2) is 9.24. The lowest BCUT2D eigenvalue weighted by Crippen LogP contribution is -2.33. The van der Waals surface area contributed by atoms with Crippen molar-refractivity contribution in [2.24, 2.45) is 5.92 Å². The number of hydrogen-bond acceptors (Lipinski definition) is 5. The Bertz CT molecular complexity index is 1470. The summed E-state index contributed by atoms with van der Waals surface area (Å²) in [6.45, 7) is 3.00. The Labute approximate surface area is 211 Å². The summed E-state index contributed by atoms with van der Waals surface area (Å²) in [5, 5.41) is 2.58. The van der Waals surface area contributed by atoms with E-state index in [1.54, 1.807) is 43.4 Å². The highest BCUT2D eigenvalue weighted by Crippen LogP contribution is 2.35. The maximum absolute atomic E-state index is 15.5. The predicted molar refractivity (Wildman–Crippen MR) is 133 cm³/mol. The highest BCUT2D eigenvalue weighted by atomic mass is 19.1. The first kappa shape index (κ1) is 23.6. The molecule has 1 aromatic heterocycles. The second-order valence-electron chi connectivity index (χ2n) is 9.45. The van der Waals surface area contributed by atoms with E-state index >= 15 is 8.78 Å². The third kappa shape index (κ3) is 4.14. The number of ether oxygens (including phenoxy) is 3. The highest BCUT2D eigenvalue weighted by molar-refractivity contribution is 5.94. The van der Waals surface area contributed by atoms with Gasteiger partial charge in [-0.2, -0.15) is 4.98 Å². The number of rotatable bonds is 5. The lowest BCUT2D eigenvalue weighted by molar-refractivity contribution is 0.0262. The molecule has 1 amide bonds. The molecule has 2 N–H and O–H groups in total.